The van der Waals surface area contributed by atoms with Gasteiger partial charge in [-0.05, 0) is 42.3 Å². The van der Waals surface area contributed by atoms with E-state index in [4.69, 9.17) is 17.3 Å². The van der Waals surface area contributed by atoms with Gasteiger partial charge >= 0.3 is 0 Å². The van der Waals surface area contributed by atoms with Gasteiger partial charge in [0.1, 0.15) is 5.82 Å². The minimum Gasteiger partial charge on any atom is -0.384 e. The fourth-order valence-electron chi connectivity index (χ4n) is 2.15. The van der Waals surface area contributed by atoms with Crippen molar-refractivity contribution in [1.29, 1.82) is 0 Å². The molecule has 1 unspecified atom stereocenters. The van der Waals surface area contributed by atoms with E-state index in [2.05, 4.69) is 23.3 Å². The smallest absolute Gasteiger partial charge is 0.123 e. The van der Waals surface area contributed by atoms with E-state index in [-0.39, 0.29) is 6.04 Å². The molecule has 0 aliphatic carbocycles. The molecule has 1 heterocycles. The fraction of sp³-hybridized carbons (Fsp3) is 0.267. The molecule has 0 fully saturated rings. The minimum atomic E-state index is 0.181. The molecule has 19 heavy (non-hydrogen) atoms. The molecule has 1 atom stereocenters. The Hall–Kier alpha value is -1.58. The standard InChI is InChI=1S/C15H18ClN3/c1-2-18-14(12-5-3-4-6-13(12)16)9-11-7-8-19-15(17)10-11/h3-8,10,14,18H,2,9H2,1H3,(H2,17,19). The van der Waals surface area contributed by atoms with E-state index >= 15 is 0 Å². The van der Waals surface area contributed by atoms with Crippen LogP contribution in [0, 0.1) is 0 Å². The molecule has 2 aromatic rings. The molecule has 2 rings (SSSR count). The van der Waals surface area contributed by atoms with Gasteiger partial charge in [-0.3, -0.25) is 0 Å². The van der Waals surface area contributed by atoms with Crippen LogP contribution in [0.15, 0.2) is 42.6 Å². The van der Waals surface area contributed by atoms with E-state index in [0.29, 0.717) is 5.82 Å². The lowest BCUT2D eigenvalue weighted by molar-refractivity contribution is 0.550. The van der Waals surface area contributed by atoms with Gasteiger partial charge in [0, 0.05) is 17.3 Å². The van der Waals surface area contributed by atoms with Crippen LogP contribution in [0.25, 0.3) is 0 Å². The summed E-state index contributed by atoms with van der Waals surface area (Å²) in [6, 6.07) is 12.0. The number of halogens is 1. The summed E-state index contributed by atoms with van der Waals surface area (Å²) in [6.07, 6.45) is 2.57. The van der Waals surface area contributed by atoms with Gasteiger partial charge in [-0.25, -0.2) is 4.98 Å². The van der Waals surface area contributed by atoms with Gasteiger partial charge in [0.25, 0.3) is 0 Å². The summed E-state index contributed by atoms with van der Waals surface area (Å²) in [5.74, 6) is 0.548. The first-order chi connectivity index (χ1) is 9.20. The van der Waals surface area contributed by atoms with E-state index in [0.717, 1.165) is 29.1 Å². The number of anilines is 1. The first kappa shape index (κ1) is 13.8. The number of benzene rings is 1. The number of nitrogens with two attached hydrogens (primary N) is 1. The molecule has 1 aromatic heterocycles. The first-order valence-corrected chi connectivity index (χ1v) is 6.76. The SMILES string of the molecule is CCNC(Cc1ccnc(N)c1)c1ccccc1Cl. The number of hydrogen-bond donors (Lipinski definition) is 2. The van der Waals surface area contributed by atoms with Gasteiger partial charge in [-0.1, -0.05) is 36.7 Å². The molecule has 4 heteroatoms. The van der Waals surface area contributed by atoms with Crippen LogP contribution < -0.4 is 11.1 Å². The average Bonchev–Trinajstić information content (AvgIpc) is 2.39. The molecule has 1 aromatic carbocycles. The van der Waals surface area contributed by atoms with Crippen molar-refractivity contribution in [3.8, 4) is 0 Å². The van der Waals surface area contributed by atoms with E-state index in [1.165, 1.54) is 0 Å². The van der Waals surface area contributed by atoms with Crippen molar-refractivity contribution in [1.82, 2.24) is 10.3 Å². The maximum absolute atomic E-state index is 6.28. The second-order valence-corrected chi connectivity index (χ2v) is 4.83. The van der Waals surface area contributed by atoms with E-state index in [9.17, 15) is 0 Å². The second kappa shape index (κ2) is 6.55. The number of hydrogen-bond acceptors (Lipinski definition) is 3. The molecule has 0 amide bonds. The van der Waals surface area contributed by atoms with Crippen LogP contribution in [0.5, 0.6) is 0 Å². The first-order valence-electron chi connectivity index (χ1n) is 6.39. The fourth-order valence-corrected chi connectivity index (χ4v) is 2.42. The van der Waals surface area contributed by atoms with Crippen molar-refractivity contribution in [3.63, 3.8) is 0 Å². The molecular weight excluding hydrogens is 258 g/mol. The van der Waals surface area contributed by atoms with Gasteiger partial charge < -0.3 is 11.1 Å². The molecule has 0 saturated carbocycles. The maximum atomic E-state index is 6.28. The zero-order valence-corrected chi connectivity index (χ0v) is 11.7. The highest BCUT2D eigenvalue weighted by Crippen LogP contribution is 2.25. The summed E-state index contributed by atoms with van der Waals surface area (Å²) in [5, 5.41) is 4.25. The van der Waals surface area contributed by atoms with Gasteiger partial charge in [0.05, 0.1) is 0 Å². The third-order valence-corrected chi connectivity index (χ3v) is 3.36. The summed E-state index contributed by atoms with van der Waals surface area (Å²) >= 11 is 6.28. The Balaban J connectivity index is 2.24. The Labute approximate surface area is 118 Å². The molecule has 0 radical (unpaired) electrons. The number of nitrogens with zero attached hydrogens (tertiary/aromatic N) is 1. The Morgan fingerprint density at radius 3 is 2.79 bits per heavy atom. The Bertz CT molecular complexity index is 542. The van der Waals surface area contributed by atoms with E-state index in [1.54, 1.807) is 6.20 Å². The Kier molecular flexibility index (Phi) is 4.77. The monoisotopic (exact) mass is 275 g/mol. The summed E-state index contributed by atoms with van der Waals surface area (Å²) in [7, 11) is 0. The highest BCUT2D eigenvalue weighted by Gasteiger charge is 2.14. The summed E-state index contributed by atoms with van der Waals surface area (Å²) in [4.78, 5) is 4.01. The van der Waals surface area contributed by atoms with Gasteiger partial charge in [-0.15, -0.1) is 0 Å². The Morgan fingerprint density at radius 1 is 1.32 bits per heavy atom. The molecule has 0 saturated heterocycles. The predicted octanol–water partition coefficient (Wildman–Crippen LogP) is 3.21. The van der Waals surface area contributed by atoms with Crippen LogP contribution in [-0.2, 0) is 6.42 Å². The summed E-state index contributed by atoms with van der Waals surface area (Å²) in [6.45, 7) is 2.97. The van der Waals surface area contributed by atoms with E-state index in [1.807, 2.05) is 30.3 Å². The lowest BCUT2D eigenvalue weighted by Crippen LogP contribution is -2.23. The van der Waals surface area contributed by atoms with Crippen LogP contribution in [0.3, 0.4) is 0 Å². The van der Waals surface area contributed by atoms with Crippen LogP contribution >= 0.6 is 11.6 Å². The van der Waals surface area contributed by atoms with Crippen LogP contribution in [0.2, 0.25) is 5.02 Å². The number of nitrogen functional groups attached to an aromatic ring is 1. The third kappa shape index (κ3) is 3.69. The lowest BCUT2D eigenvalue weighted by Gasteiger charge is -2.19. The molecule has 0 aliphatic heterocycles. The van der Waals surface area contributed by atoms with Crippen molar-refractivity contribution >= 4 is 17.4 Å². The number of aromatic nitrogens is 1. The molecule has 0 bridgehead atoms. The van der Waals surface area contributed by atoms with Crippen molar-refractivity contribution in [2.24, 2.45) is 0 Å². The Morgan fingerprint density at radius 2 is 2.11 bits per heavy atom. The largest absolute Gasteiger partial charge is 0.384 e. The molecule has 100 valence electrons. The molecule has 3 N–H and O–H groups in total. The highest BCUT2D eigenvalue weighted by atomic mass is 35.5. The maximum Gasteiger partial charge on any atom is 0.123 e. The number of nitrogens with one attached hydrogen (secondary N) is 1. The van der Waals surface area contributed by atoms with Crippen molar-refractivity contribution in [3.05, 3.63) is 58.7 Å². The van der Waals surface area contributed by atoms with Gasteiger partial charge in [0.2, 0.25) is 0 Å². The van der Waals surface area contributed by atoms with Crippen molar-refractivity contribution in [2.45, 2.75) is 19.4 Å². The average molecular weight is 276 g/mol. The quantitative estimate of drug-likeness (QED) is 0.881. The van der Waals surface area contributed by atoms with E-state index < -0.39 is 0 Å². The third-order valence-electron chi connectivity index (χ3n) is 3.02. The number of pyridine rings is 1. The zero-order valence-electron chi connectivity index (χ0n) is 10.9. The normalized spacial score (nSPS) is 12.3. The molecule has 0 spiro atoms. The highest BCUT2D eigenvalue weighted by molar-refractivity contribution is 6.31. The molecule has 3 nitrogen and oxygen atoms in total. The molecular formula is C15H18ClN3. The van der Waals surface area contributed by atoms with Gasteiger partial charge in [0.15, 0.2) is 0 Å². The summed E-state index contributed by atoms with van der Waals surface area (Å²) in [5.41, 5.74) is 7.98. The zero-order chi connectivity index (χ0) is 13.7. The van der Waals surface area contributed by atoms with Crippen molar-refractivity contribution < 1.29 is 0 Å². The van der Waals surface area contributed by atoms with Crippen LogP contribution in [0.1, 0.15) is 24.1 Å². The van der Waals surface area contributed by atoms with Crippen LogP contribution in [-0.4, -0.2) is 11.5 Å². The van der Waals surface area contributed by atoms with Crippen LogP contribution in [0.4, 0.5) is 5.82 Å². The molecule has 0 aliphatic rings. The number of rotatable bonds is 5. The number of likely N-dealkylation sites (N-methyl/N-ethyl adjacent to an activating group) is 1. The lowest BCUT2D eigenvalue weighted by atomic mass is 9.99. The van der Waals surface area contributed by atoms with Crippen molar-refractivity contribution in [2.75, 3.05) is 12.3 Å². The van der Waals surface area contributed by atoms with Gasteiger partial charge in [-0.2, -0.15) is 0 Å². The summed E-state index contributed by atoms with van der Waals surface area (Å²) < 4.78 is 0. The second-order valence-electron chi connectivity index (χ2n) is 4.42. The minimum absolute atomic E-state index is 0.181. The topological polar surface area (TPSA) is 50.9 Å². The predicted molar refractivity (Wildman–Crippen MR) is 80.2 cm³/mol.